The van der Waals surface area contributed by atoms with Gasteiger partial charge in [-0.15, -0.1) is 11.3 Å². The number of carbonyl (C=O) groups excluding carboxylic acids is 1. The summed E-state index contributed by atoms with van der Waals surface area (Å²) in [5, 5.41) is 12.9. The molecule has 0 radical (unpaired) electrons. The van der Waals surface area contributed by atoms with Crippen LogP contribution in [0.25, 0.3) is 0 Å². The van der Waals surface area contributed by atoms with Crippen molar-refractivity contribution >= 4 is 46.6 Å². The predicted octanol–water partition coefficient (Wildman–Crippen LogP) is 3.55. The maximum atomic E-state index is 13.1. The minimum Gasteiger partial charge on any atom is -0.481 e. The lowest BCUT2D eigenvalue weighted by Crippen LogP contribution is -2.47. The Morgan fingerprint density at radius 3 is 2.91 bits per heavy atom. The summed E-state index contributed by atoms with van der Waals surface area (Å²) in [7, 11) is 0. The van der Waals surface area contributed by atoms with Crippen LogP contribution in [-0.4, -0.2) is 65.0 Å². The maximum Gasteiger partial charge on any atom is 0.417 e. The van der Waals surface area contributed by atoms with Crippen molar-refractivity contribution in [1.82, 2.24) is 15.2 Å². The highest BCUT2D eigenvalue weighted by Gasteiger charge is 2.33. The number of ether oxygens (including phenoxy) is 1. The number of nitrogens with one attached hydrogen (secondary N) is 1. The van der Waals surface area contributed by atoms with Crippen LogP contribution in [0.5, 0.6) is 0 Å². The zero-order valence-corrected chi connectivity index (χ0v) is 19.6. The number of hydrogen-bond acceptors (Lipinski definition) is 7. The van der Waals surface area contributed by atoms with Crippen molar-refractivity contribution in [3.63, 3.8) is 0 Å². The van der Waals surface area contributed by atoms with Crippen LogP contribution in [0.3, 0.4) is 0 Å². The van der Waals surface area contributed by atoms with E-state index in [1.807, 2.05) is 4.90 Å². The number of thioether (sulfide) groups is 1. The number of benzene rings is 1. The van der Waals surface area contributed by atoms with E-state index in [0.717, 1.165) is 6.07 Å². The number of aliphatic carboxylic acids is 1. The number of thiazole rings is 1. The molecule has 0 unspecified atom stereocenters. The third kappa shape index (κ3) is 8.14. The van der Waals surface area contributed by atoms with Crippen LogP contribution in [0.4, 0.5) is 13.2 Å². The van der Waals surface area contributed by atoms with Crippen LogP contribution >= 0.6 is 34.7 Å². The molecule has 180 valence electrons. The first-order chi connectivity index (χ1) is 15.6. The Labute approximate surface area is 201 Å². The molecule has 2 aromatic rings. The van der Waals surface area contributed by atoms with Gasteiger partial charge >= 0.3 is 12.1 Å². The van der Waals surface area contributed by atoms with Crippen molar-refractivity contribution in [3.8, 4) is 0 Å². The molecule has 1 aromatic heterocycles. The fourth-order valence-corrected chi connectivity index (χ4v) is 5.09. The lowest BCUT2D eigenvalue weighted by Gasteiger charge is -2.33. The lowest BCUT2D eigenvalue weighted by atomic mass is 10.1. The number of nitrogens with zero attached hydrogens (tertiary/aromatic N) is 2. The van der Waals surface area contributed by atoms with E-state index in [0.29, 0.717) is 41.8 Å². The largest absolute Gasteiger partial charge is 0.481 e. The van der Waals surface area contributed by atoms with Crippen LogP contribution in [0.2, 0.25) is 5.02 Å². The molecule has 2 heterocycles. The molecule has 33 heavy (non-hydrogen) atoms. The summed E-state index contributed by atoms with van der Waals surface area (Å²) < 4.78 is 45.5. The minimum absolute atomic E-state index is 0.126. The van der Waals surface area contributed by atoms with E-state index in [2.05, 4.69) is 10.3 Å². The number of hydrogen-bond donors (Lipinski definition) is 2. The van der Waals surface area contributed by atoms with Gasteiger partial charge < -0.3 is 15.2 Å². The van der Waals surface area contributed by atoms with Crippen molar-refractivity contribution in [3.05, 3.63) is 45.4 Å². The van der Waals surface area contributed by atoms with Crippen molar-refractivity contribution in [1.29, 1.82) is 0 Å². The zero-order valence-electron chi connectivity index (χ0n) is 17.2. The fourth-order valence-electron chi connectivity index (χ4n) is 3.19. The van der Waals surface area contributed by atoms with Crippen LogP contribution in [0.15, 0.2) is 27.9 Å². The molecule has 1 atom stereocenters. The van der Waals surface area contributed by atoms with E-state index in [1.165, 1.54) is 29.2 Å². The number of carboxylic acids is 1. The van der Waals surface area contributed by atoms with Gasteiger partial charge in [-0.3, -0.25) is 14.5 Å². The number of carbonyl (C=O) groups is 2. The third-order valence-electron chi connectivity index (χ3n) is 4.68. The number of aromatic nitrogens is 1. The van der Waals surface area contributed by atoms with Crippen molar-refractivity contribution in [2.45, 2.75) is 29.6 Å². The molecule has 7 nitrogen and oxygen atoms in total. The number of halogens is 4. The van der Waals surface area contributed by atoms with Crippen LogP contribution < -0.4 is 5.32 Å². The van der Waals surface area contributed by atoms with Crippen molar-refractivity contribution in [2.75, 3.05) is 32.0 Å². The average molecular weight is 524 g/mol. The summed E-state index contributed by atoms with van der Waals surface area (Å²) in [5.41, 5.74) is 0.0965. The van der Waals surface area contributed by atoms with E-state index >= 15 is 0 Å². The summed E-state index contributed by atoms with van der Waals surface area (Å²) in [6.07, 6.45) is -4.96. The molecule has 13 heteroatoms. The Balaban J connectivity index is 1.44. The average Bonchev–Trinajstić information content (AvgIpc) is 3.18. The monoisotopic (exact) mass is 523 g/mol. The van der Waals surface area contributed by atoms with Gasteiger partial charge in [0.05, 0.1) is 41.2 Å². The van der Waals surface area contributed by atoms with Crippen LogP contribution in [0, 0.1) is 0 Å². The fraction of sp³-hybridized carbons (Fsp3) is 0.450. The highest BCUT2D eigenvalue weighted by atomic mass is 35.5. The molecule has 1 fully saturated rings. The Morgan fingerprint density at radius 2 is 2.18 bits per heavy atom. The van der Waals surface area contributed by atoms with Gasteiger partial charge in [-0.05, 0) is 17.7 Å². The summed E-state index contributed by atoms with van der Waals surface area (Å²) in [4.78, 5) is 29.0. The van der Waals surface area contributed by atoms with Crippen LogP contribution in [-0.2, 0) is 33.5 Å². The molecule has 0 spiro atoms. The number of morpholine rings is 1. The molecular formula is C20H21ClF3N3O4S2. The number of alkyl halides is 3. The predicted molar refractivity (Wildman–Crippen MR) is 119 cm³/mol. The standard InChI is InChI=1S/C20H21ClF3N3O4S2/c21-16-2-1-12(5-15(16)20(22,23)24)8-27-3-4-31-14(9-27)7-25-17(28)11-33-19-26-13(10-32-19)6-18(29)30/h1-2,5,10,14H,3-4,6-9,11H2,(H,25,28)(H,29,30)/t14-/m0/s1. The second kappa shape index (κ2) is 11.5. The normalized spacial score (nSPS) is 17.2. The molecule has 0 saturated carbocycles. The quantitative estimate of drug-likeness (QED) is 0.486. The van der Waals surface area contributed by atoms with Gasteiger partial charge in [0.25, 0.3) is 0 Å². The molecule has 1 aliphatic heterocycles. The molecular weight excluding hydrogens is 503 g/mol. The first-order valence-corrected chi connectivity index (χ1v) is 12.1. The SMILES string of the molecule is O=C(O)Cc1csc(SCC(=O)NC[C@H]2CN(Cc3ccc(Cl)c(C(F)(F)F)c3)CCO2)n1. The van der Waals surface area contributed by atoms with Gasteiger partial charge in [-0.2, -0.15) is 13.2 Å². The third-order valence-corrected chi connectivity index (χ3v) is 7.08. The highest BCUT2D eigenvalue weighted by Crippen LogP contribution is 2.35. The summed E-state index contributed by atoms with van der Waals surface area (Å²) >= 11 is 8.18. The van der Waals surface area contributed by atoms with Gasteiger partial charge in [0.2, 0.25) is 5.91 Å². The topological polar surface area (TPSA) is 91.8 Å². The molecule has 1 saturated heterocycles. The van der Waals surface area contributed by atoms with Crippen LogP contribution in [0.1, 0.15) is 16.8 Å². The summed E-state index contributed by atoms with van der Waals surface area (Å²) in [6, 6.07) is 3.89. The van der Waals surface area contributed by atoms with Gasteiger partial charge in [-0.25, -0.2) is 4.98 Å². The second-order valence-corrected chi connectivity index (χ2v) is 9.80. The Hall–Kier alpha value is -1.86. The number of carboxylic acid groups (broad SMARTS) is 1. The molecule has 1 aliphatic rings. The Kier molecular flexibility index (Phi) is 8.99. The molecule has 0 aliphatic carbocycles. The van der Waals surface area contributed by atoms with Gasteiger partial charge in [-0.1, -0.05) is 29.4 Å². The van der Waals surface area contributed by atoms with E-state index in [4.69, 9.17) is 21.4 Å². The molecule has 1 aromatic carbocycles. The summed E-state index contributed by atoms with van der Waals surface area (Å²) in [6.45, 7) is 2.01. The smallest absolute Gasteiger partial charge is 0.417 e. The molecule has 1 amide bonds. The van der Waals surface area contributed by atoms with Gasteiger partial charge in [0.15, 0.2) is 4.34 Å². The van der Waals surface area contributed by atoms with E-state index < -0.39 is 17.7 Å². The summed E-state index contributed by atoms with van der Waals surface area (Å²) in [5.74, 6) is -1.06. The molecule has 2 N–H and O–H groups in total. The maximum absolute atomic E-state index is 13.1. The first-order valence-electron chi connectivity index (χ1n) is 9.85. The van der Waals surface area contributed by atoms with E-state index in [-0.39, 0.29) is 35.8 Å². The molecule has 0 bridgehead atoms. The minimum atomic E-state index is -4.51. The van der Waals surface area contributed by atoms with Gasteiger partial charge in [0.1, 0.15) is 0 Å². The highest BCUT2D eigenvalue weighted by molar-refractivity contribution is 8.01. The lowest BCUT2D eigenvalue weighted by molar-refractivity contribution is -0.138. The van der Waals surface area contributed by atoms with Gasteiger partial charge in [0, 0.05) is 31.6 Å². The van der Waals surface area contributed by atoms with Crippen molar-refractivity contribution < 1.29 is 32.6 Å². The number of rotatable bonds is 9. The first kappa shape index (κ1) is 25.8. The second-order valence-electron chi connectivity index (χ2n) is 7.31. The number of amides is 1. The Bertz CT molecular complexity index is 990. The van der Waals surface area contributed by atoms with E-state index in [9.17, 15) is 22.8 Å². The van der Waals surface area contributed by atoms with E-state index in [1.54, 1.807) is 11.4 Å². The zero-order chi connectivity index (χ0) is 24.0. The van der Waals surface area contributed by atoms with Crippen molar-refractivity contribution in [2.24, 2.45) is 0 Å². The molecule has 3 rings (SSSR count). The Morgan fingerprint density at radius 1 is 1.39 bits per heavy atom.